The third kappa shape index (κ3) is 2.69. The zero-order valence-corrected chi connectivity index (χ0v) is 13.5. The van der Waals surface area contributed by atoms with Crippen molar-refractivity contribution in [2.24, 2.45) is 0 Å². The van der Waals surface area contributed by atoms with Crippen LogP contribution in [0.3, 0.4) is 0 Å². The highest BCUT2D eigenvalue weighted by Crippen LogP contribution is 2.26. The number of imidazole rings is 1. The molecule has 0 aliphatic carbocycles. The normalized spacial score (nSPS) is 16.7. The zero-order valence-electron chi connectivity index (χ0n) is 13.5. The minimum atomic E-state index is -0.00819. The highest BCUT2D eigenvalue weighted by Gasteiger charge is 2.23. The van der Waals surface area contributed by atoms with E-state index in [4.69, 9.17) is 5.73 Å². The van der Waals surface area contributed by atoms with Crippen molar-refractivity contribution in [3.05, 3.63) is 58.6 Å². The monoisotopic (exact) mass is 323 g/mol. The molecule has 1 saturated heterocycles. The number of benzene rings is 1. The molecule has 6 heteroatoms. The van der Waals surface area contributed by atoms with Gasteiger partial charge in [0.2, 0.25) is 0 Å². The zero-order chi connectivity index (χ0) is 16.5. The number of para-hydroxylation sites is 2. The van der Waals surface area contributed by atoms with Crippen LogP contribution in [0.15, 0.2) is 47.4 Å². The molecule has 0 amide bonds. The number of nitrogens with zero attached hydrogens (tertiary/aromatic N) is 3. The molecule has 0 radical (unpaired) electrons. The second-order valence-corrected chi connectivity index (χ2v) is 6.37. The molecule has 24 heavy (non-hydrogen) atoms. The first-order chi connectivity index (χ1) is 11.7. The van der Waals surface area contributed by atoms with Gasteiger partial charge in [0.1, 0.15) is 5.82 Å². The van der Waals surface area contributed by atoms with Gasteiger partial charge in [-0.25, -0.2) is 9.78 Å². The lowest BCUT2D eigenvalue weighted by Gasteiger charge is -2.32. The Morgan fingerprint density at radius 3 is 2.75 bits per heavy atom. The van der Waals surface area contributed by atoms with E-state index in [9.17, 15) is 4.79 Å². The van der Waals surface area contributed by atoms with Gasteiger partial charge in [-0.15, -0.1) is 0 Å². The predicted octanol–water partition coefficient (Wildman–Crippen LogP) is 2.14. The second-order valence-electron chi connectivity index (χ2n) is 6.37. The predicted molar refractivity (Wildman–Crippen MR) is 94.8 cm³/mol. The van der Waals surface area contributed by atoms with Crippen molar-refractivity contribution < 1.29 is 0 Å². The van der Waals surface area contributed by atoms with Gasteiger partial charge in [0.05, 0.1) is 11.0 Å². The number of hydrogen-bond acceptors (Lipinski definition) is 4. The molecule has 4 rings (SSSR count). The molecule has 1 aliphatic rings. The SMILES string of the molecule is Nc1ncccc1CN1CCC(n2c(=O)[nH]c3ccccc32)CC1. The molecule has 1 fully saturated rings. The number of pyridine rings is 1. The van der Waals surface area contributed by atoms with E-state index in [0.29, 0.717) is 5.82 Å². The number of aromatic nitrogens is 3. The number of nitrogens with one attached hydrogen (secondary N) is 1. The number of nitrogen functional groups attached to an aromatic ring is 1. The van der Waals surface area contributed by atoms with Crippen LogP contribution in [-0.4, -0.2) is 32.5 Å². The molecule has 0 saturated carbocycles. The van der Waals surface area contributed by atoms with E-state index < -0.39 is 0 Å². The van der Waals surface area contributed by atoms with Crippen LogP contribution in [0.25, 0.3) is 11.0 Å². The van der Waals surface area contributed by atoms with Gasteiger partial charge in [-0.1, -0.05) is 18.2 Å². The largest absolute Gasteiger partial charge is 0.383 e. The summed E-state index contributed by atoms with van der Waals surface area (Å²) in [6.45, 7) is 2.71. The Labute approximate surface area is 139 Å². The van der Waals surface area contributed by atoms with Gasteiger partial charge in [0.15, 0.2) is 0 Å². The number of hydrogen-bond donors (Lipinski definition) is 2. The molecule has 124 valence electrons. The van der Waals surface area contributed by atoms with E-state index in [-0.39, 0.29) is 11.7 Å². The summed E-state index contributed by atoms with van der Waals surface area (Å²) in [5, 5.41) is 0. The molecular weight excluding hydrogens is 302 g/mol. The van der Waals surface area contributed by atoms with Gasteiger partial charge in [0.25, 0.3) is 0 Å². The maximum Gasteiger partial charge on any atom is 0.326 e. The number of fused-ring (bicyclic) bond motifs is 1. The fraction of sp³-hybridized carbons (Fsp3) is 0.333. The number of H-pyrrole nitrogens is 1. The van der Waals surface area contributed by atoms with Crippen molar-refractivity contribution in [2.45, 2.75) is 25.4 Å². The quantitative estimate of drug-likeness (QED) is 0.774. The van der Waals surface area contributed by atoms with Crippen LogP contribution >= 0.6 is 0 Å². The van der Waals surface area contributed by atoms with Crippen LogP contribution in [0.1, 0.15) is 24.4 Å². The molecule has 1 aliphatic heterocycles. The molecule has 3 aromatic rings. The van der Waals surface area contributed by atoms with Crippen LogP contribution in [0.4, 0.5) is 5.82 Å². The summed E-state index contributed by atoms with van der Waals surface area (Å²) in [6, 6.07) is 12.1. The number of likely N-dealkylation sites (tertiary alicyclic amines) is 1. The first-order valence-electron chi connectivity index (χ1n) is 8.33. The third-order valence-corrected chi connectivity index (χ3v) is 4.87. The van der Waals surface area contributed by atoms with Gasteiger partial charge >= 0.3 is 5.69 Å². The minimum Gasteiger partial charge on any atom is -0.383 e. The van der Waals surface area contributed by atoms with E-state index in [0.717, 1.165) is 49.1 Å². The van der Waals surface area contributed by atoms with Crippen molar-refractivity contribution in [3.63, 3.8) is 0 Å². The molecule has 2 aromatic heterocycles. The highest BCUT2D eigenvalue weighted by atomic mass is 16.1. The highest BCUT2D eigenvalue weighted by molar-refractivity contribution is 5.75. The average Bonchev–Trinajstić information content (AvgIpc) is 2.93. The lowest BCUT2D eigenvalue weighted by atomic mass is 10.0. The van der Waals surface area contributed by atoms with Crippen LogP contribution in [0.2, 0.25) is 0 Å². The smallest absolute Gasteiger partial charge is 0.326 e. The molecule has 3 N–H and O–H groups in total. The van der Waals surface area contributed by atoms with Gasteiger partial charge in [0, 0.05) is 37.4 Å². The molecule has 0 bridgehead atoms. The summed E-state index contributed by atoms with van der Waals surface area (Å²) in [4.78, 5) is 21.8. The Kier molecular flexibility index (Phi) is 3.82. The van der Waals surface area contributed by atoms with Gasteiger partial charge in [-0.05, 0) is 31.0 Å². The first-order valence-corrected chi connectivity index (χ1v) is 8.33. The molecule has 3 heterocycles. The van der Waals surface area contributed by atoms with E-state index in [1.807, 2.05) is 41.0 Å². The van der Waals surface area contributed by atoms with Crippen molar-refractivity contribution in [2.75, 3.05) is 18.8 Å². The van der Waals surface area contributed by atoms with E-state index in [1.165, 1.54) is 0 Å². The summed E-state index contributed by atoms with van der Waals surface area (Å²) in [5.74, 6) is 0.604. The Morgan fingerprint density at radius 2 is 1.96 bits per heavy atom. The Bertz CT molecular complexity index is 905. The maximum absolute atomic E-state index is 12.3. The fourth-order valence-electron chi connectivity index (χ4n) is 3.60. The fourth-order valence-corrected chi connectivity index (χ4v) is 3.60. The number of piperidine rings is 1. The number of nitrogens with two attached hydrogens (primary N) is 1. The Morgan fingerprint density at radius 1 is 1.17 bits per heavy atom. The summed E-state index contributed by atoms with van der Waals surface area (Å²) in [6.07, 6.45) is 3.64. The topological polar surface area (TPSA) is 79.9 Å². The minimum absolute atomic E-state index is 0.00819. The Hall–Kier alpha value is -2.60. The molecule has 0 spiro atoms. The van der Waals surface area contributed by atoms with Gasteiger partial charge in [-0.2, -0.15) is 0 Å². The number of rotatable bonds is 3. The summed E-state index contributed by atoms with van der Waals surface area (Å²) < 4.78 is 1.92. The van der Waals surface area contributed by atoms with E-state index in [1.54, 1.807) is 6.20 Å². The lowest BCUT2D eigenvalue weighted by molar-refractivity contribution is 0.180. The van der Waals surface area contributed by atoms with E-state index in [2.05, 4.69) is 14.9 Å². The van der Waals surface area contributed by atoms with Gasteiger partial charge in [-0.3, -0.25) is 9.47 Å². The van der Waals surface area contributed by atoms with Crippen LogP contribution in [0.5, 0.6) is 0 Å². The molecule has 1 aromatic carbocycles. The summed E-state index contributed by atoms with van der Waals surface area (Å²) in [5.41, 5.74) is 8.91. The van der Waals surface area contributed by atoms with Crippen LogP contribution in [0, 0.1) is 0 Å². The lowest BCUT2D eigenvalue weighted by Crippen LogP contribution is -2.36. The van der Waals surface area contributed by atoms with Gasteiger partial charge < -0.3 is 10.7 Å². The molecule has 0 atom stereocenters. The van der Waals surface area contributed by atoms with Crippen molar-refractivity contribution in [1.29, 1.82) is 0 Å². The molecule has 0 unspecified atom stereocenters. The molecule has 6 nitrogen and oxygen atoms in total. The van der Waals surface area contributed by atoms with Crippen LogP contribution in [-0.2, 0) is 6.54 Å². The van der Waals surface area contributed by atoms with Crippen LogP contribution < -0.4 is 11.4 Å². The first kappa shape index (κ1) is 15.0. The Balaban J connectivity index is 1.49. The summed E-state index contributed by atoms with van der Waals surface area (Å²) in [7, 11) is 0. The molecular formula is C18H21N5O. The average molecular weight is 323 g/mol. The standard InChI is InChI=1S/C18H21N5O/c19-17-13(4-3-9-20-17)12-22-10-7-14(8-11-22)23-16-6-2-1-5-15(16)21-18(23)24/h1-6,9,14H,7-8,10-12H2,(H2,19,20)(H,21,24). The van der Waals surface area contributed by atoms with Crippen molar-refractivity contribution >= 4 is 16.9 Å². The maximum atomic E-state index is 12.3. The van der Waals surface area contributed by atoms with E-state index >= 15 is 0 Å². The second kappa shape index (κ2) is 6.13. The number of aromatic amines is 1. The van der Waals surface area contributed by atoms with Crippen molar-refractivity contribution in [3.8, 4) is 0 Å². The number of anilines is 1. The third-order valence-electron chi connectivity index (χ3n) is 4.87. The van der Waals surface area contributed by atoms with Crippen molar-refractivity contribution in [1.82, 2.24) is 19.4 Å². The summed E-state index contributed by atoms with van der Waals surface area (Å²) >= 11 is 0.